The van der Waals surface area contributed by atoms with Crippen molar-refractivity contribution < 1.29 is 24.2 Å². The molecule has 0 saturated heterocycles. The molecule has 1 atom stereocenters. The molecule has 0 radical (unpaired) electrons. The number of carbonyl (C=O) groups excluding carboxylic acids is 1. The molecule has 1 amide bonds. The minimum Gasteiger partial charge on any atom is -0.493 e. The average Bonchev–Trinajstić information content (AvgIpc) is 3.21. The number of halogens is 1. The lowest BCUT2D eigenvalue weighted by Gasteiger charge is -2.17. The molecule has 2 aromatic heterocycles. The van der Waals surface area contributed by atoms with Crippen LogP contribution in [0.3, 0.4) is 0 Å². The zero-order valence-electron chi connectivity index (χ0n) is 17.2. The fourth-order valence-corrected chi connectivity index (χ4v) is 3.36. The normalized spacial score (nSPS) is 11.7. The Kier molecular flexibility index (Phi) is 6.12. The Labute approximate surface area is 188 Å². The van der Waals surface area contributed by atoms with Gasteiger partial charge in [0.1, 0.15) is 11.5 Å². The number of amides is 1. The molecule has 0 fully saturated rings. The molecule has 3 N–H and O–H groups in total. The molecule has 33 heavy (non-hydrogen) atoms. The number of nitrogens with zero attached hydrogens (tertiary/aromatic N) is 3. The summed E-state index contributed by atoms with van der Waals surface area (Å²) in [5, 5.41) is 26.1. The third kappa shape index (κ3) is 4.87. The van der Waals surface area contributed by atoms with Crippen LogP contribution in [0.4, 0.5) is 4.39 Å². The molecule has 0 aliphatic carbocycles. The predicted molar refractivity (Wildman–Crippen MR) is 117 cm³/mol. The second-order valence-corrected chi connectivity index (χ2v) is 7.21. The lowest BCUT2D eigenvalue weighted by atomic mass is 10.0. The minimum absolute atomic E-state index is 0.0266. The van der Waals surface area contributed by atoms with Crippen LogP contribution < -0.4 is 5.32 Å². The van der Waals surface area contributed by atoms with Crippen LogP contribution in [0.5, 0.6) is 5.88 Å². The van der Waals surface area contributed by atoms with E-state index >= 15 is 0 Å². The number of carbonyl (C=O) groups is 2. The largest absolute Gasteiger partial charge is 0.493 e. The quantitative estimate of drug-likeness (QED) is 0.398. The number of aliphatic carboxylic acids is 1. The van der Waals surface area contributed by atoms with Gasteiger partial charge in [-0.1, -0.05) is 42.5 Å². The number of benzene rings is 2. The topological polar surface area (TPSA) is 117 Å². The van der Waals surface area contributed by atoms with Crippen molar-refractivity contribution in [2.75, 3.05) is 0 Å². The zero-order chi connectivity index (χ0) is 23.4. The van der Waals surface area contributed by atoms with Crippen molar-refractivity contribution in [1.82, 2.24) is 20.1 Å². The highest BCUT2D eigenvalue weighted by Crippen LogP contribution is 2.24. The second kappa shape index (κ2) is 9.31. The number of pyridine rings is 1. The first kappa shape index (κ1) is 21.7. The lowest BCUT2D eigenvalue weighted by Crippen LogP contribution is -2.30. The first-order valence-electron chi connectivity index (χ1n) is 10.0. The maximum atomic E-state index is 14.1. The van der Waals surface area contributed by atoms with Gasteiger partial charge >= 0.3 is 5.97 Å². The van der Waals surface area contributed by atoms with Crippen LogP contribution in [0.2, 0.25) is 0 Å². The highest BCUT2D eigenvalue weighted by atomic mass is 19.1. The van der Waals surface area contributed by atoms with Gasteiger partial charge in [0.15, 0.2) is 5.69 Å². The molecule has 1 unspecified atom stereocenters. The number of rotatable bonds is 7. The van der Waals surface area contributed by atoms with Crippen LogP contribution in [0.1, 0.15) is 28.5 Å². The van der Waals surface area contributed by atoms with E-state index in [-0.39, 0.29) is 17.8 Å². The number of carboxylic acid groups (broad SMARTS) is 1. The first-order valence-corrected chi connectivity index (χ1v) is 10.0. The van der Waals surface area contributed by atoms with Crippen molar-refractivity contribution in [1.29, 1.82) is 0 Å². The standard InChI is InChI=1S/C24H19FN4O4/c25-17-5-1-2-7-21(17)29-22(30)13-20(28-29)24(33)27-19(14-23(31)32)16-10-8-15(9-11-16)18-6-3-4-12-26-18/h1-13,19,30H,14H2,(H,27,33)(H,31,32). The van der Waals surface area contributed by atoms with Crippen molar-refractivity contribution >= 4 is 11.9 Å². The molecule has 9 heteroatoms. The maximum absolute atomic E-state index is 14.1. The predicted octanol–water partition coefficient (Wildman–Crippen LogP) is 3.72. The summed E-state index contributed by atoms with van der Waals surface area (Å²) in [7, 11) is 0. The molecule has 4 rings (SSSR count). The molecule has 2 aromatic carbocycles. The Morgan fingerprint density at radius 1 is 1.03 bits per heavy atom. The highest BCUT2D eigenvalue weighted by molar-refractivity contribution is 5.93. The van der Waals surface area contributed by atoms with Gasteiger partial charge in [0.2, 0.25) is 5.88 Å². The minimum atomic E-state index is -1.10. The van der Waals surface area contributed by atoms with E-state index in [1.165, 1.54) is 18.2 Å². The number of hydrogen-bond donors (Lipinski definition) is 3. The van der Waals surface area contributed by atoms with Crippen molar-refractivity contribution in [2.24, 2.45) is 0 Å². The van der Waals surface area contributed by atoms with E-state index in [1.54, 1.807) is 36.5 Å². The van der Waals surface area contributed by atoms with Crippen molar-refractivity contribution in [3.63, 3.8) is 0 Å². The highest BCUT2D eigenvalue weighted by Gasteiger charge is 2.22. The Balaban J connectivity index is 1.57. The molecule has 8 nitrogen and oxygen atoms in total. The van der Waals surface area contributed by atoms with Crippen LogP contribution in [0.25, 0.3) is 16.9 Å². The Hall–Kier alpha value is -4.53. The SMILES string of the molecule is O=C(O)CC(NC(=O)c1cc(O)n(-c2ccccc2F)n1)c1ccc(-c2ccccn2)cc1. The van der Waals surface area contributed by atoms with Gasteiger partial charge in [-0.25, -0.2) is 4.39 Å². The van der Waals surface area contributed by atoms with E-state index in [9.17, 15) is 24.2 Å². The molecule has 0 saturated carbocycles. The average molecular weight is 446 g/mol. The van der Waals surface area contributed by atoms with Gasteiger partial charge < -0.3 is 15.5 Å². The van der Waals surface area contributed by atoms with E-state index in [0.717, 1.165) is 22.0 Å². The third-order valence-corrected chi connectivity index (χ3v) is 4.96. The molecule has 0 aliphatic heterocycles. The van der Waals surface area contributed by atoms with E-state index in [2.05, 4.69) is 15.4 Å². The van der Waals surface area contributed by atoms with E-state index in [0.29, 0.717) is 5.56 Å². The van der Waals surface area contributed by atoms with Crippen LogP contribution in [-0.2, 0) is 4.79 Å². The number of aromatic hydroxyl groups is 1. The lowest BCUT2D eigenvalue weighted by molar-refractivity contribution is -0.137. The Bertz CT molecular complexity index is 1290. The van der Waals surface area contributed by atoms with Crippen molar-refractivity contribution in [3.05, 3.63) is 96.1 Å². The van der Waals surface area contributed by atoms with E-state index in [1.807, 2.05) is 18.2 Å². The molecule has 0 spiro atoms. The smallest absolute Gasteiger partial charge is 0.305 e. The van der Waals surface area contributed by atoms with Gasteiger partial charge in [-0.05, 0) is 29.8 Å². The zero-order valence-corrected chi connectivity index (χ0v) is 17.2. The van der Waals surface area contributed by atoms with E-state index in [4.69, 9.17) is 0 Å². The van der Waals surface area contributed by atoms with Gasteiger partial charge in [-0.2, -0.15) is 9.78 Å². The van der Waals surface area contributed by atoms with Gasteiger partial charge in [0.25, 0.3) is 5.91 Å². The summed E-state index contributed by atoms with van der Waals surface area (Å²) in [4.78, 5) is 28.5. The van der Waals surface area contributed by atoms with Gasteiger partial charge in [0.05, 0.1) is 18.2 Å². The van der Waals surface area contributed by atoms with Gasteiger partial charge in [-0.3, -0.25) is 14.6 Å². The monoisotopic (exact) mass is 446 g/mol. The number of aromatic nitrogens is 3. The summed E-state index contributed by atoms with van der Waals surface area (Å²) in [5.41, 5.74) is 1.96. The van der Waals surface area contributed by atoms with Crippen molar-refractivity contribution in [2.45, 2.75) is 12.5 Å². The first-order chi connectivity index (χ1) is 15.9. The third-order valence-electron chi connectivity index (χ3n) is 4.96. The van der Waals surface area contributed by atoms with Gasteiger partial charge in [-0.15, -0.1) is 0 Å². The summed E-state index contributed by atoms with van der Waals surface area (Å²) in [6, 6.07) is 18.4. The van der Waals surface area contributed by atoms with E-state index < -0.39 is 29.6 Å². The fourth-order valence-electron chi connectivity index (χ4n) is 3.36. The number of nitrogens with one attached hydrogen (secondary N) is 1. The molecule has 0 bridgehead atoms. The number of carboxylic acids is 1. The molecule has 4 aromatic rings. The molecular weight excluding hydrogens is 427 g/mol. The summed E-state index contributed by atoms with van der Waals surface area (Å²) < 4.78 is 15.0. The fraction of sp³-hybridized carbons (Fsp3) is 0.0833. The van der Waals surface area contributed by atoms with Crippen LogP contribution in [0, 0.1) is 5.82 Å². The van der Waals surface area contributed by atoms with Gasteiger partial charge in [0, 0.05) is 17.8 Å². The Morgan fingerprint density at radius 2 is 1.76 bits per heavy atom. The molecule has 0 aliphatic rings. The van der Waals surface area contributed by atoms with Crippen molar-refractivity contribution in [3.8, 4) is 22.8 Å². The molecule has 2 heterocycles. The maximum Gasteiger partial charge on any atom is 0.305 e. The summed E-state index contributed by atoms with van der Waals surface area (Å²) >= 11 is 0. The summed E-state index contributed by atoms with van der Waals surface area (Å²) in [6.45, 7) is 0. The van der Waals surface area contributed by atoms with Crippen LogP contribution >= 0.6 is 0 Å². The second-order valence-electron chi connectivity index (χ2n) is 7.21. The number of para-hydroxylation sites is 1. The molecule has 166 valence electrons. The van der Waals surface area contributed by atoms with Crippen LogP contribution in [0.15, 0.2) is 79.0 Å². The molecular formula is C24H19FN4O4. The number of hydrogen-bond acceptors (Lipinski definition) is 5. The van der Waals surface area contributed by atoms with Crippen LogP contribution in [-0.4, -0.2) is 36.9 Å². The summed E-state index contributed by atoms with van der Waals surface area (Å²) in [5.74, 6) is -2.87. The Morgan fingerprint density at radius 3 is 2.42 bits per heavy atom. The summed E-state index contributed by atoms with van der Waals surface area (Å²) in [6.07, 6.45) is 1.31.